The Hall–Kier alpha value is -1.63. The fourth-order valence-electron chi connectivity index (χ4n) is 2.03. The molecule has 0 saturated carbocycles. The monoisotopic (exact) mass is 394 g/mol. The number of thiocarbonyl (C=S) groups is 1. The van der Waals surface area contributed by atoms with Crippen molar-refractivity contribution in [2.75, 3.05) is 7.11 Å². The Morgan fingerprint density at radius 2 is 2.04 bits per heavy atom. The number of aromatic nitrogens is 1. The molecule has 132 valence electrons. The summed E-state index contributed by atoms with van der Waals surface area (Å²) in [7, 11) is 0.133. The molecular formula is C18H19ClN2O2S2. The molecule has 2 aromatic rings. The van der Waals surface area contributed by atoms with Gasteiger partial charge >= 0.3 is 0 Å². The minimum atomic E-state index is -1.39. The lowest BCUT2D eigenvalue weighted by Crippen LogP contribution is -2.19. The van der Waals surface area contributed by atoms with Gasteiger partial charge in [0.25, 0.3) is 0 Å². The van der Waals surface area contributed by atoms with E-state index in [-0.39, 0.29) is 0 Å². The van der Waals surface area contributed by atoms with Crippen LogP contribution < -0.4 is 0 Å². The van der Waals surface area contributed by atoms with Crippen molar-refractivity contribution in [1.82, 2.24) is 4.98 Å². The van der Waals surface area contributed by atoms with E-state index >= 15 is 0 Å². The highest BCUT2D eigenvalue weighted by molar-refractivity contribution is 7.85. The number of nitrogens with zero attached hydrogens (tertiary/aromatic N) is 2. The van der Waals surface area contributed by atoms with Crippen LogP contribution in [0.2, 0.25) is 5.02 Å². The molecule has 7 heteroatoms. The SMILES string of the molecule is COC(=S)c1cccnc1-c1cccc(Cl)c1/C=N/S(=O)C(C)(C)C. The van der Waals surface area contributed by atoms with Gasteiger partial charge in [0.2, 0.25) is 0 Å². The molecule has 0 fully saturated rings. The standard InChI is InChI=1S/C18H19ClN2O2S2/c1-18(2,3)25(22)21-11-14-12(7-5-9-15(14)19)16-13(17(24)23-4)8-6-10-20-16/h5-11H,1-4H3/b21-11+. The molecule has 0 aliphatic carbocycles. The summed E-state index contributed by atoms with van der Waals surface area (Å²) in [6.45, 7) is 5.59. The smallest absolute Gasteiger partial charge is 0.193 e. The lowest BCUT2D eigenvalue weighted by atomic mass is 10.0. The van der Waals surface area contributed by atoms with E-state index in [1.807, 2.05) is 39.0 Å². The molecule has 0 saturated heterocycles. The first-order valence-electron chi connectivity index (χ1n) is 7.54. The number of ether oxygens (including phenoxy) is 1. The maximum absolute atomic E-state index is 12.2. The van der Waals surface area contributed by atoms with Gasteiger partial charge in [-0.3, -0.25) is 4.98 Å². The third kappa shape index (κ3) is 4.71. The summed E-state index contributed by atoms with van der Waals surface area (Å²) in [5.74, 6) is 0. The summed E-state index contributed by atoms with van der Waals surface area (Å²) in [6.07, 6.45) is 3.21. The first-order chi connectivity index (χ1) is 11.8. The fourth-order valence-corrected chi connectivity index (χ4v) is 2.93. The fraction of sp³-hybridized carbons (Fsp3) is 0.278. The van der Waals surface area contributed by atoms with Crippen molar-refractivity contribution >= 4 is 46.1 Å². The van der Waals surface area contributed by atoms with Gasteiger partial charge in [-0.1, -0.05) is 23.7 Å². The van der Waals surface area contributed by atoms with Gasteiger partial charge in [-0.25, -0.2) is 4.21 Å². The summed E-state index contributed by atoms with van der Waals surface area (Å²) in [6, 6.07) is 9.07. The van der Waals surface area contributed by atoms with Crippen LogP contribution in [0.1, 0.15) is 31.9 Å². The highest BCUT2D eigenvalue weighted by atomic mass is 35.5. The number of hydrogen-bond acceptors (Lipinski definition) is 4. The molecule has 0 radical (unpaired) electrons. The van der Waals surface area contributed by atoms with Crippen LogP contribution in [-0.4, -0.2) is 32.3 Å². The van der Waals surface area contributed by atoms with E-state index in [9.17, 15) is 4.21 Å². The lowest BCUT2D eigenvalue weighted by molar-refractivity contribution is 0.416. The maximum atomic E-state index is 12.2. The van der Waals surface area contributed by atoms with Gasteiger partial charge < -0.3 is 4.74 Å². The summed E-state index contributed by atoms with van der Waals surface area (Å²) in [5.41, 5.74) is 2.71. The Bertz CT molecular complexity index is 845. The predicted molar refractivity (Wildman–Crippen MR) is 109 cm³/mol. The van der Waals surface area contributed by atoms with Crippen molar-refractivity contribution < 1.29 is 8.95 Å². The number of hydrogen-bond donors (Lipinski definition) is 0. The second kappa shape index (κ2) is 8.17. The quantitative estimate of drug-likeness (QED) is 0.561. The molecule has 0 bridgehead atoms. The van der Waals surface area contributed by atoms with E-state index in [0.29, 0.717) is 26.9 Å². The van der Waals surface area contributed by atoms with Gasteiger partial charge in [0.1, 0.15) is 11.0 Å². The van der Waals surface area contributed by atoms with Gasteiger partial charge in [-0.2, -0.15) is 4.40 Å². The van der Waals surface area contributed by atoms with Crippen LogP contribution in [0.3, 0.4) is 0 Å². The van der Waals surface area contributed by atoms with E-state index in [1.54, 1.807) is 18.3 Å². The predicted octanol–water partition coefficient (Wildman–Crippen LogP) is 4.61. The molecule has 0 spiro atoms. The van der Waals surface area contributed by atoms with Crippen LogP contribution in [-0.2, 0) is 15.7 Å². The highest BCUT2D eigenvalue weighted by Gasteiger charge is 2.19. The molecule has 1 atom stereocenters. The second-order valence-electron chi connectivity index (χ2n) is 6.19. The number of methoxy groups -OCH3 is 1. The summed E-state index contributed by atoms with van der Waals surface area (Å²) >= 11 is 11.6. The van der Waals surface area contributed by atoms with E-state index in [0.717, 1.165) is 5.56 Å². The van der Waals surface area contributed by atoms with Crippen molar-refractivity contribution in [2.45, 2.75) is 25.5 Å². The van der Waals surface area contributed by atoms with E-state index < -0.39 is 15.7 Å². The van der Waals surface area contributed by atoms with Crippen molar-refractivity contribution in [3.8, 4) is 11.3 Å². The Balaban J connectivity index is 2.59. The van der Waals surface area contributed by atoms with E-state index in [4.69, 9.17) is 28.6 Å². The molecule has 1 aromatic heterocycles. The Morgan fingerprint density at radius 1 is 1.32 bits per heavy atom. The Labute approximate surface area is 160 Å². The molecule has 1 unspecified atom stereocenters. The van der Waals surface area contributed by atoms with E-state index in [2.05, 4.69) is 9.38 Å². The van der Waals surface area contributed by atoms with Crippen molar-refractivity contribution in [3.63, 3.8) is 0 Å². The van der Waals surface area contributed by atoms with Gasteiger partial charge in [0, 0.05) is 23.5 Å². The number of benzene rings is 1. The zero-order valence-corrected chi connectivity index (χ0v) is 16.8. The van der Waals surface area contributed by atoms with E-state index in [1.165, 1.54) is 13.3 Å². The number of halogens is 1. The second-order valence-corrected chi connectivity index (χ2v) is 8.90. The summed E-state index contributed by atoms with van der Waals surface area (Å²) in [5, 5.41) is 0.830. The van der Waals surface area contributed by atoms with Crippen molar-refractivity contribution in [1.29, 1.82) is 0 Å². The molecular weight excluding hydrogens is 376 g/mol. The number of rotatable bonds is 4. The highest BCUT2D eigenvalue weighted by Crippen LogP contribution is 2.29. The molecule has 1 aromatic carbocycles. The first-order valence-corrected chi connectivity index (χ1v) is 9.43. The topological polar surface area (TPSA) is 51.6 Å². The van der Waals surface area contributed by atoms with Crippen molar-refractivity contribution in [2.24, 2.45) is 4.40 Å². The van der Waals surface area contributed by atoms with Crippen LogP contribution in [0.5, 0.6) is 0 Å². The average Bonchev–Trinajstić information content (AvgIpc) is 2.58. The zero-order valence-electron chi connectivity index (χ0n) is 14.4. The van der Waals surface area contributed by atoms with Crippen LogP contribution in [0, 0.1) is 0 Å². The molecule has 2 rings (SSSR count). The largest absolute Gasteiger partial charge is 0.486 e. The molecule has 0 aliphatic rings. The minimum absolute atomic E-state index is 0.337. The van der Waals surface area contributed by atoms with Gasteiger partial charge in [-0.05, 0) is 51.2 Å². The molecule has 1 heterocycles. The normalized spacial score (nSPS) is 13.0. The molecule has 25 heavy (non-hydrogen) atoms. The van der Waals surface area contributed by atoms with Gasteiger partial charge in [0.15, 0.2) is 5.05 Å². The Morgan fingerprint density at radius 3 is 2.68 bits per heavy atom. The minimum Gasteiger partial charge on any atom is -0.486 e. The molecule has 0 aliphatic heterocycles. The molecule has 0 N–H and O–H groups in total. The van der Waals surface area contributed by atoms with Crippen molar-refractivity contribution in [3.05, 3.63) is 52.7 Å². The van der Waals surface area contributed by atoms with Crippen LogP contribution in [0.25, 0.3) is 11.3 Å². The third-order valence-corrected chi connectivity index (χ3v) is 5.38. The third-order valence-electron chi connectivity index (χ3n) is 3.32. The van der Waals surface area contributed by atoms with Gasteiger partial charge in [0.05, 0.1) is 28.1 Å². The molecule has 0 amide bonds. The molecule has 4 nitrogen and oxygen atoms in total. The maximum Gasteiger partial charge on any atom is 0.193 e. The average molecular weight is 395 g/mol. The van der Waals surface area contributed by atoms with Crippen LogP contribution in [0.4, 0.5) is 0 Å². The Kier molecular flexibility index (Phi) is 6.43. The van der Waals surface area contributed by atoms with Crippen LogP contribution in [0.15, 0.2) is 40.9 Å². The number of pyridine rings is 1. The summed E-state index contributed by atoms with van der Waals surface area (Å²) in [4.78, 5) is 4.43. The van der Waals surface area contributed by atoms with Crippen LogP contribution >= 0.6 is 23.8 Å². The lowest BCUT2D eigenvalue weighted by Gasteiger charge is -2.14. The zero-order chi connectivity index (χ0) is 18.6. The summed E-state index contributed by atoms with van der Waals surface area (Å²) < 4.78 is 21.1. The van der Waals surface area contributed by atoms with Gasteiger partial charge in [-0.15, -0.1) is 0 Å². The first kappa shape index (κ1) is 19.7.